The highest BCUT2D eigenvalue weighted by Crippen LogP contribution is 2.18. The maximum Gasteiger partial charge on any atom is 0.321 e. The van der Waals surface area contributed by atoms with E-state index in [1.807, 2.05) is 6.92 Å². The van der Waals surface area contributed by atoms with Gasteiger partial charge in [-0.1, -0.05) is 11.6 Å². The van der Waals surface area contributed by atoms with Crippen molar-refractivity contribution in [2.24, 2.45) is 0 Å². The lowest BCUT2D eigenvalue weighted by Gasteiger charge is -2.22. The van der Waals surface area contributed by atoms with E-state index >= 15 is 0 Å². The van der Waals surface area contributed by atoms with Crippen LogP contribution in [0.15, 0.2) is 42.7 Å². The molecule has 150 valence electrons. The Kier molecular flexibility index (Phi) is 5.35. The number of amides is 3. The summed E-state index contributed by atoms with van der Waals surface area (Å²) in [5.74, 6) is -0.101. The van der Waals surface area contributed by atoms with Gasteiger partial charge in [0.05, 0.1) is 5.69 Å². The fourth-order valence-corrected chi connectivity index (χ4v) is 3.59. The number of urea groups is 1. The first-order valence-corrected chi connectivity index (χ1v) is 9.81. The van der Waals surface area contributed by atoms with Gasteiger partial charge < -0.3 is 15.1 Å². The van der Waals surface area contributed by atoms with Gasteiger partial charge in [-0.25, -0.2) is 14.3 Å². The van der Waals surface area contributed by atoms with Crippen molar-refractivity contribution in [2.75, 3.05) is 31.5 Å². The lowest BCUT2D eigenvalue weighted by molar-refractivity contribution is 0.0763. The molecule has 0 bridgehead atoms. The van der Waals surface area contributed by atoms with Crippen LogP contribution in [0, 0.1) is 6.92 Å². The Morgan fingerprint density at radius 1 is 1.07 bits per heavy atom. The van der Waals surface area contributed by atoms with Gasteiger partial charge in [0.1, 0.15) is 5.56 Å². The second kappa shape index (κ2) is 8.08. The molecule has 3 amide bonds. The van der Waals surface area contributed by atoms with Crippen LogP contribution in [-0.4, -0.2) is 62.5 Å². The zero-order valence-electron chi connectivity index (χ0n) is 16.0. The summed E-state index contributed by atoms with van der Waals surface area (Å²) in [5.41, 5.74) is 2.40. The number of fused-ring (bicyclic) bond motifs is 1. The van der Waals surface area contributed by atoms with Gasteiger partial charge in [0, 0.05) is 49.3 Å². The third kappa shape index (κ3) is 4.02. The molecule has 0 unspecified atom stereocenters. The van der Waals surface area contributed by atoms with Crippen LogP contribution in [0.25, 0.3) is 5.65 Å². The molecular weight excluding hydrogens is 392 g/mol. The van der Waals surface area contributed by atoms with Crippen molar-refractivity contribution in [3.05, 3.63) is 59.0 Å². The summed E-state index contributed by atoms with van der Waals surface area (Å²) in [5, 5.41) is 7.86. The lowest BCUT2D eigenvalue weighted by atomic mass is 10.2. The summed E-state index contributed by atoms with van der Waals surface area (Å²) in [6, 6.07) is 8.56. The number of halogens is 1. The Balaban J connectivity index is 1.44. The largest absolute Gasteiger partial charge is 0.337 e. The van der Waals surface area contributed by atoms with Gasteiger partial charge >= 0.3 is 6.03 Å². The molecule has 9 heteroatoms. The summed E-state index contributed by atoms with van der Waals surface area (Å²) in [7, 11) is 0. The summed E-state index contributed by atoms with van der Waals surface area (Å²) in [6.45, 7) is 3.88. The Morgan fingerprint density at radius 3 is 2.59 bits per heavy atom. The highest BCUT2D eigenvalue weighted by atomic mass is 35.5. The molecule has 1 fully saturated rings. The van der Waals surface area contributed by atoms with E-state index in [1.165, 1.54) is 0 Å². The standard InChI is InChI=1S/C20H21ClN6O2/c1-14-17(18-22-8-2-11-27(18)24-14)19(28)25-9-3-10-26(13-12-25)20(29)23-16-6-4-15(21)5-7-16/h2,4-8,11H,3,9-10,12-13H2,1H3,(H,23,29). The van der Waals surface area contributed by atoms with Gasteiger partial charge in [-0.2, -0.15) is 5.10 Å². The van der Waals surface area contributed by atoms with E-state index in [-0.39, 0.29) is 11.9 Å². The Morgan fingerprint density at radius 2 is 1.79 bits per heavy atom. The average molecular weight is 413 g/mol. The van der Waals surface area contributed by atoms with Crippen LogP contribution in [-0.2, 0) is 0 Å². The van der Waals surface area contributed by atoms with Gasteiger partial charge in [-0.3, -0.25) is 4.79 Å². The molecule has 29 heavy (non-hydrogen) atoms. The van der Waals surface area contributed by atoms with Crippen molar-refractivity contribution in [3.63, 3.8) is 0 Å². The molecule has 3 aromatic rings. The highest BCUT2D eigenvalue weighted by molar-refractivity contribution is 6.30. The minimum atomic E-state index is -0.185. The van der Waals surface area contributed by atoms with E-state index < -0.39 is 0 Å². The van der Waals surface area contributed by atoms with Gasteiger partial charge in [0.25, 0.3) is 5.91 Å². The summed E-state index contributed by atoms with van der Waals surface area (Å²) >= 11 is 5.88. The molecule has 0 saturated carbocycles. The van der Waals surface area contributed by atoms with Crippen LogP contribution in [0.4, 0.5) is 10.5 Å². The van der Waals surface area contributed by atoms with E-state index in [1.54, 1.807) is 57.0 Å². The summed E-state index contributed by atoms with van der Waals surface area (Å²) in [4.78, 5) is 33.5. The first-order chi connectivity index (χ1) is 14.0. The summed E-state index contributed by atoms with van der Waals surface area (Å²) in [6.07, 6.45) is 4.13. The number of hydrogen-bond donors (Lipinski definition) is 1. The van der Waals surface area contributed by atoms with Crippen LogP contribution in [0.1, 0.15) is 22.5 Å². The van der Waals surface area contributed by atoms with Crippen LogP contribution in [0.3, 0.4) is 0 Å². The first kappa shape index (κ1) is 19.2. The fourth-order valence-electron chi connectivity index (χ4n) is 3.46. The fraction of sp³-hybridized carbons (Fsp3) is 0.300. The minimum Gasteiger partial charge on any atom is -0.337 e. The molecular formula is C20H21ClN6O2. The molecule has 4 rings (SSSR count). The Bertz CT molecular complexity index is 1050. The van der Waals surface area contributed by atoms with E-state index in [2.05, 4.69) is 15.4 Å². The van der Waals surface area contributed by atoms with Crippen LogP contribution in [0.2, 0.25) is 5.02 Å². The van der Waals surface area contributed by atoms with Gasteiger partial charge in [-0.05, 0) is 43.7 Å². The molecule has 2 aromatic heterocycles. The molecule has 1 saturated heterocycles. The van der Waals surface area contributed by atoms with Crippen molar-refractivity contribution in [3.8, 4) is 0 Å². The number of aryl methyl sites for hydroxylation is 1. The molecule has 0 radical (unpaired) electrons. The van der Waals surface area contributed by atoms with Crippen LogP contribution < -0.4 is 5.32 Å². The van der Waals surface area contributed by atoms with Crippen molar-refractivity contribution >= 4 is 34.9 Å². The van der Waals surface area contributed by atoms with Crippen molar-refractivity contribution in [1.29, 1.82) is 0 Å². The van der Waals surface area contributed by atoms with Gasteiger partial charge in [-0.15, -0.1) is 0 Å². The number of aromatic nitrogens is 3. The molecule has 3 heterocycles. The lowest BCUT2D eigenvalue weighted by Crippen LogP contribution is -2.39. The molecule has 1 aromatic carbocycles. The van der Waals surface area contributed by atoms with Gasteiger partial charge in [0.15, 0.2) is 5.65 Å². The monoisotopic (exact) mass is 412 g/mol. The third-order valence-electron chi connectivity index (χ3n) is 4.95. The van der Waals surface area contributed by atoms with E-state index in [9.17, 15) is 9.59 Å². The van der Waals surface area contributed by atoms with E-state index in [4.69, 9.17) is 11.6 Å². The smallest absolute Gasteiger partial charge is 0.321 e. The van der Waals surface area contributed by atoms with Crippen LogP contribution >= 0.6 is 11.6 Å². The molecule has 1 aliphatic heterocycles. The molecule has 0 spiro atoms. The highest BCUT2D eigenvalue weighted by Gasteiger charge is 2.26. The number of carbonyl (C=O) groups is 2. The predicted molar refractivity (Wildman–Crippen MR) is 110 cm³/mol. The Hall–Kier alpha value is -3.13. The van der Waals surface area contributed by atoms with Crippen molar-refractivity contribution in [2.45, 2.75) is 13.3 Å². The second-order valence-corrected chi connectivity index (χ2v) is 7.35. The molecule has 1 aliphatic rings. The SMILES string of the molecule is Cc1nn2cccnc2c1C(=O)N1CCCN(C(=O)Nc2ccc(Cl)cc2)CC1. The predicted octanol–water partition coefficient (Wildman–Crippen LogP) is 3.07. The van der Waals surface area contributed by atoms with E-state index in [0.717, 1.165) is 0 Å². The zero-order chi connectivity index (χ0) is 20.4. The molecule has 0 atom stereocenters. The topological polar surface area (TPSA) is 82.8 Å². The number of anilines is 1. The number of rotatable bonds is 2. The first-order valence-electron chi connectivity index (χ1n) is 9.43. The average Bonchev–Trinajstić information content (AvgIpc) is 2.88. The summed E-state index contributed by atoms with van der Waals surface area (Å²) < 4.78 is 1.62. The zero-order valence-corrected chi connectivity index (χ0v) is 16.8. The number of hydrogen-bond acceptors (Lipinski definition) is 4. The third-order valence-corrected chi connectivity index (χ3v) is 5.20. The molecule has 0 aliphatic carbocycles. The van der Waals surface area contributed by atoms with Crippen LogP contribution in [0.5, 0.6) is 0 Å². The van der Waals surface area contributed by atoms with Crippen molar-refractivity contribution in [1.82, 2.24) is 24.4 Å². The normalized spacial score (nSPS) is 14.7. The molecule has 1 N–H and O–H groups in total. The minimum absolute atomic E-state index is 0.101. The molecule has 8 nitrogen and oxygen atoms in total. The number of carbonyl (C=O) groups excluding carboxylic acids is 2. The number of benzene rings is 1. The maximum absolute atomic E-state index is 13.1. The maximum atomic E-state index is 13.1. The Labute approximate surface area is 173 Å². The van der Waals surface area contributed by atoms with Crippen molar-refractivity contribution < 1.29 is 9.59 Å². The van der Waals surface area contributed by atoms with E-state index in [0.29, 0.717) is 60.2 Å². The quantitative estimate of drug-likeness (QED) is 0.701. The van der Waals surface area contributed by atoms with Gasteiger partial charge in [0.2, 0.25) is 0 Å². The number of nitrogens with zero attached hydrogens (tertiary/aromatic N) is 5. The second-order valence-electron chi connectivity index (χ2n) is 6.92. The number of nitrogens with one attached hydrogen (secondary N) is 1.